The molecule has 0 spiro atoms. The van der Waals surface area contributed by atoms with Gasteiger partial charge in [0.05, 0.1) is 16.8 Å². The number of pyridine rings is 2. The SMILES string of the molecule is O=c1[nH]c(Cn2ccc(=O)c3sccc32)cc2ccccc12. The molecule has 1 aromatic carbocycles. The molecule has 0 aliphatic rings. The minimum Gasteiger partial charge on any atom is -0.341 e. The highest BCUT2D eigenvalue weighted by molar-refractivity contribution is 7.17. The fourth-order valence-electron chi connectivity index (χ4n) is 2.70. The van der Waals surface area contributed by atoms with Gasteiger partial charge >= 0.3 is 0 Å². The van der Waals surface area contributed by atoms with Gasteiger partial charge in [-0.05, 0) is 29.0 Å². The number of nitrogens with zero attached hydrogens (tertiary/aromatic N) is 1. The van der Waals surface area contributed by atoms with Crippen molar-refractivity contribution in [1.29, 1.82) is 0 Å². The molecule has 0 aliphatic carbocycles. The Morgan fingerprint density at radius 1 is 1.09 bits per heavy atom. The second kappa shape index (κ2) is 4.96. The third-order valence-electron chi connectivity index (χ3n) is 3.73. The highest BCUT2D eigenvalue weighted by atomic mass is 32.1. The zero-order valence-electron chi connectivity index (χ0n) is 11.6. The molecule has 3 heterocycles. The molecule has 0 fully saturated rings. The molecular weight excluding hydrogens is 296 g/mol. The Kier molecular flexibility index (Phi) is 2.94. The first-order chi connectivity index (χ1) is 10.7. The summed E-state index contributed by atoms with van der Waals surface area (Å²) < 4.78 is 2.72. The summed E-state index contributed by atoms with van der Waals surface area (Å²) in [4.78, 5) is 26.9. The van der Waals surface area contributed by atoms with Crippen molar-refractivity contribution in [3.05, 3.63) is 80.3 Å². The Morgan fingerprint density at radius 2 is 1.95 bits per heavy atom. The van der Waals surface area contributed by atoms with Crippen LogP contribution < -0.4 is 11.0 Å². The maximum atomic E-state index is 12.1. The van der Waals surface area contributed by atoms with Crippen molar-refractivity contribution in [2.75, 3.05) is 0 Å². The first-order valence-corrected chi connectivity index (χ1v) is 7.78. The lowest BCUT2D eigenvalue weighted by Crippen LogP contribution is -2.13. The molecule has 0 saturated carbocycles. The van der Waals surface area contributed by atoms with Crippen LogP contribution in [0.5, 0.6) is 0 Å². The Bertz CT molecular complexity index is 1100. The van der Waals surface area contributed by atoms with Crippen LogP contribution in [0.4, 0.5) is 0 Å². The molecule has 0 amide bonds. The number of aromatic amines is 1. The van der Waals surface area contributed by atoms with Crippen LogP contribution in [-0.4, -0.2) is 9.55 Å². The highest BCUT2D eigenvalue weighted by Gasteiger charge is 2.06. The maximum Gasteiger partial charge on any atom is 0.256 e. The van der Waals surface area contributed by atoms with Crippen LogP contribution in [0.25, 0.3) is 21.0 Å². The first-order valence-electron chi connectivity index (χ1n) is 6.90. The van der Waals surface area contributed by atoms with Crippen molar-refractivity contribution in [2.24, 2.45) is 0 Å². The number of thiophene rings is 1. The number of nitrogens with one attached hydrogen (secondary N) is 1. The van der Waals surface area contributed by atoms with Crippen molar-refractivity contribution in [3.63, 3.8) is 0 Å². The van der Waals surface area contributed by atoms with E-state index in [0.717, 1.165) is 21.3 Å². The molecule has 0 radical (unpaired) electrons. The second-order valence-corrected chi connectivity index (χ2v) is 6.07. The topological polar surface area (TPSA) is 54.9 Å². The predicted molar refractivity (Wildman–Crippen MR) is 89.8 cm³/mol. The molecule has 4 rings (SSSR count). The van der Waals surface area contributed by atoms with Gasteiger partial charge in [0, 0.05) is 23.3 Å². The van der Waals surface area contributed by atoms with Crippen LogP contribution in [0.15, 0.2) is 63.6 Å². The first kappa shape index (κ1) is 13.0. The summed E-state index contributed by atoms with van der Waals surface area (Å²) >= 11 is 1.44. The quantitative estimate of drug-likeness (QED) is 0.619. The molecule has 5 heteroatoms. The Balaban J connectivity index is 1.86. The molecule has 4 nitrogen and oxygen atoms in total. The third-order valence-corrected chi connectivity index (χ3v) is 4.65. The number of hydrogen-bond donors (Lipinski definition) is 1. The van der Waals surface area contributed by atoms with E-state index < -0.39 is 0 Å². The summed E-state index contributed by atoms with van der Waals surface area (Å²) in [5, 5.41) is 3.52. The van der Waals surface area contributed by atoms with Gasteiger partial charge in [0.2, 0.25) is 0 Å². The van der Waals surface area contributed by atoms with Gasteiger partial charge in [-0.25, -0.2) is 0 Å². The second-order valence-electron chi connectivity index (χ2n) is 5.15. The Hall–Kier alpha value is -2.66. The lowest BCUT2D eigenvalue weighted by molar-refractivity contribution is 0.798. The van der Waals surface area contributed by atoms with Crippen LogP contribution in [0.2, 0.25) is 0 Å². The van der Waals surface area contributed by atoms with Crippen molar-refractivity contribution >= 4 is 32.3 Å². The molecule has 0 unspecified atom stereocenters. The van der Waals surface area contributed by atoms with E-state index in [0.29, 0.717) is 11.9 Å². The summed E-state index contributed by atoms with van der Waals surface area (Å²) in [6, 6.07) is 13.0. The molecule has 0 atom stereocenters. The monoisotopic (exact) mass is 308 g/mol. The summed E-state index contributed by atoms with van der Waals surface area (Å²) in [7, 11) is 0. The maximum absolute atomic E-state index is 12.1. The van der Waals surface area contributed by atoms with Gasteiger partial charge in [0.25, 0.3) is 5.56 Å². The van der Waals surface area contributed by atoms with E-state index in [9.17, 15) is 9.59 Å². The van der Waals surface area contributed by atoms with E-state index in [4.69, 9.17) is 0 Å². The van der Waals surface area contributed by atoms with Gasteiger partial charge in [-0.2, -0.15) is 0 Å². The Morgan fingerprint density at radius 3 is 2.86 bits per heavy atom. The van der Waals surface area contributed by atoms with Crippen LogP contribution in [0.1, 0.15) is 5.69 Å². The number of aromatic nitrogens is 2. The molecule has 3 aromatic heterocycles. The smallest absolute Gasteiger partial charge is 0.256 e. The number of rotatable bonds is 2. The number of hydrogen-bond acceptors (Lipinski definition) is 3. The van der Waals surface area contributed by atoms with Crippen LogP contribution in [0, 0.1) is 0 Å². The van der Waals surface area contributed by atoms with E-state index in [2.05, 4.69) is 4.98 Å². The van der Waals surface area contributed by atoms with Crippen LogP contribution in [-0.2, 0) is 6.54 Å². The standard InChI is InChI=1S/C17H12N2O2S/c20-15-5-7-19(14-6-8-22-16(14)15)10-12-9-11-3-1-2-4-13(11)17(21)18-12/h1-9H,10H2,(H,18,21). The summed E-state index contributed by atoms with van der Waals surface area (Å²) in [6.45, 7) is 0.521. The molecule has 108 valence electrons. The summed E-state index contributed by atoms with van der Waals surface area (Å²) in [5.41, 5.74) is 1.66. The minimum absolute atomic E-state index is 0.0354. The van der Waals surface area contributed by atoms with Crippen molar-refractivity contribution in [3.8, 4) is 0 Å². The molecular formula is C17H12N2O2S. The van der Waals surface area contributed by atoms with E-state index in [1.165, 1.54) is 11.3 Å². The van der Waals surface area contributed by atoms with Crippen molar-refractivity contribution in [1.82, 2.24) is 9.55 Å². The molecule has 0 bridgehead atoms. The fraction of sp³-hybridized carbons (Fsp3) is 0.0588. The molecule has 22 heavy (non-hydrogen) atoms. The van der Waals surface area contributed by atoms with E-state index in [1.807, 2.05) is 46.3 Å². The molecule has 4 aromatic rings. The van der Waals surface area contributed by atoms with Gasteiger partial charge in [-0.15, -0.1) is 11.3 Å². The molecule has 1 N–H and O–H groups in total. The van der Waals surface area contributed by atoms with Gasteiger partial charge in [-0.3, -0.25) is 9.59 Å². The molecule has 0 aliphatic heterocycles. The number of benzene rings is 1. The van der Waals surface area contributed by atoms with Crippen molar-refractivity contribution in [2.45, 2.75) is 6.54 Å². The van der Waals surface area contributed by atoms with Crippen LogP contribution >= 0.6 is 11.3 Å². The van der Waals surface area contributed by atoms with Gasteiger partial charge < -0.3 is 9.55 Å². The highest BCUT2D eigenvalue weighted by Crippen LogP contribution is 2.18. The number of fused-ring (bicyclic) bond motifs is 2. The van der Waals surface area contributed by atoms with Crippen LogP contribution in [0.3, 0.4) is 0 Å². The predicted octanol–water partition coefficient (Wildman–Crippen LogP) is 2.95. The lowest BCUT2D eigenvalue weighted by Gasteiger charge is -2.09. The zero-order valence-corrected chi connectivity index (χ0v) is 12.4. The van der Waals surface area contributed by atoms with E-state index in [-0.39, 0.29) is 11.0 Å². The summed E-state index contributed by atoms with van der Waals surface area (Å²) in [5.74, 6) is 0. The van der Waals surface area contributed by atoms with Gasteiger partial charge in [0.1, 0.15) is 0 Å². The number of H-pyrrole nitrogens is 1. The normalized spacial score (nSPS) is 11.3. The Labute approximate surface area is 129 Å². The third kappa shape index (κ3) is 2.07. The van der Waals surface area contributed by atoms with Gasteiger partial charge in [0.15, 0.2) is 5.43 Å². The van der Waals surface area contributed by atoms with Crippen molar-refractivity contribution < 1.29 is 0 Å². The van der Waals surface area contributed by atoms with E-state index >= 15 is 0 Å². The lowest BCUT2D eigenvalue weighted by atomic mass is 10.1. The average molecular weight is 308 g/mol. The average Bonchev–Trinajstić information content (AvgIpc) is 3.01. The van der Waals surface area contributed by atoms with Gasteiger partial charge in [-0.1, -0.05) is 18.2 Å². The summed E-state index contributed by atoms with van der Waals surface area (Å²) in [6.07, 6.45) is 1.77. The zero-order chi connectivity index (χ0) is 15.1. The minimum atomic E-state index is -0.0873. The van der Waals surface area contributed by atoms with E-state index in [1.54, 1.807) is 12.3 Å². The largest absolute Gasteiger partial charge is 0.341 e. The fourth-order valence-corrected chi connectivity index (χ4v) is 3.52. The molecule has 0 saturated heterocycles.